The van der Waals surface area contributed by atoms with E-state index in [1.54, 1.807) is 12.1 Å². The number of ether oxygens (including phenoxy) is 1. The summed E-state index contributed by atoms with van der Waals surface area (Å²) < 4.78 is 5.07. The Balaban J connectivity index is 1.98. The number of carbonyl (C=O) groups excluding carboxylic acids is 1. The smallest absolute Gasteiger partial charge is 0.341 e. The van der Waals surface area contributed by atoms with Crippen LogP contribution in [0.25, 0.3) is 0 Å². The summed E-state index contributed by atoms with van der Waals surface area (Å²) >= 11 is 1.42. The van der Waals surface area contributed by atoms with Crippen LogP contribution in [-0.4, -0.2) is 23.6 Å². The van der Waals surface area contributed by atoms with Crippen molar-refractivity contribution < 1.29 is 19.4 Å². The Labute approximate surface area is 132 Å². The minimum atomic E-state index is -1.02. The van der Waals surface area contributed by atoms with Crippen LogP contribution in [0.3, 0.4) is 0 Å². The maximum Gasteiger partial charge on any atom is 0.341 e. The zero-order chi connectivity index (χ0) is 16.1. The van der Waals surface area contributed by atoms with Crippen molar-refractivity contribution in [3.8, 4) is 5.75 Å². The number of carbonyl (C=O) groups is 2. The highest BCUT2D eigenvalue weighted by Crippen LogP contribution is 2.20. The lowest BCUT2D eigenvalue weighted by Gasteiger charge is -2.14. The molecule has 1 aromatic heterocycles. The molecule has 1 atom stereocenters. The quantitative estimate of drug-likeness (QED) is 0.858. The fourth-order valence-electron chi connectivity index (χ4n) is 1.95. The molecule has 1 aromatic carbocycles. The average molecular weight is 319 g/mol. The lowest BCUT2D eigenvalue weighted by atomic mass is 10.1. The van der Waals surface area contributed by atoms with Crippen LogP contribution in [-0.2, 0) is 4.79 Å². The molecule has 1 amide bonds. The van der Waals surface area contributed by atoms with Crippen molar-refractivity contribution in [3.63, 3.8) is 0 Å². The molecule has 0 unspecified atom stereocenters. The highest BCUT2D eigenvalue weighted by Gasteiger charge is 2.14. The molecule has 6 heteroatoms. The van der Waals surface area contributed by atoms with E-state index < -0.39 is 5.97 Å². The van der Waals surface area contributed by atoms with Crippen molar-refractivity contribution in [2.24, 2.45) is 0 Å². The van der Waals surface area contributed by atoms with Gasteiger partial charge in [-0.3, -0.25) is 4.79 Å². The van der Waals surface area contributed by atoms with Crippen molar-refractivity contribution in [2.45, 2.75) is 19.9 Å². The van der Waals surface area contributed by atoms with E-state index in [0.29, 0.717) is 10.6 Å². The first-order valence-corrected chi connectivity index (χ1v) is 7.65. The molecule has 5 nitrogen and oxygen atoms in total. The van der Waals surface area contributed by atoms with Gasteiger partial charge in [0, 0.05) is 0 Å². The van der Waals surface area contributed by atoms with E-state index in [9.17, 15) is 9.59 Å². The van der Waals surface area contributed by atoms with Gasteiger partial charge in [-0.05, 0) is 48.6 Å². The van der Waals surface area contributed by atoms with E-state index in [0.717, 1.165) is 11.1 Å². The van der Waals surface area contributed by atoms with Crippen LogP contribution in [0, 0.1) is 6.92 Å². The molecular formula is C16H17NO4S. The number of aryl methyl sites for hydroxylation is 1. The molecule has 0 radical (unpaired) electrons. The third kappa shape index (κ3) is 4.08. The second-order valence-electron chi connectivity index (χ2n) is 4.88. The number of carboxylic acid groups (broad SMARTS) is 1. The molecule has 0 spiro atoms. The summed E-state index contributed by atoms with van der Waals surface area (Å²) in [6.45, 7) is 3.43. The number of rotatable bonds is 6. The molecule has 0 aliphatic heterocycles. The van der Waals surface area contributed by atoms with Gasteiger partial charge in [0.15, 0.2) is 6.61 Å². The lowest BCUT2D eigenvalue weighted by molar-refractivity contribution is -0.139. The maximum absolute atomic E-state index is 12.2. The van der Waals surface area contributed by atoms with Gasteiger partial charge in [0.2, 0.25) is 0 Å². The molecule has 1 heterocycles. The number of thiophene rings is 1. The first-order valence-electron chi connectivity index (χ1n) is 6.77. The Bertz CT molecular complexity index is 663. The normalized spacial score (nSPS) is 11.7. The van der Waals surface area contributed by atoms with Gasteiger partial charge in [0.1, 0.15) is 5.75 Å². The zero-order valence-corrected chi connectivity index (χ0v) is 13.1. The number of nitrogens with one attached hydrogen (secondary N) is 1. The zero-order valence-electron chi connectivity index (χ0n) is 12.3. The molecule has 2 aromatic rings. The number of amides is 1. The third-order valence-electron chi connectivity index (χ3n) is 3.16. The van der Waals surface area contributed by atoms with Crippen molar-refractivity contribution in [2.75, 3.05) is 6.61 Å². The molecule has 2 rings (SSSR count). The summed E-state index contributed by atoms with van der Waals surface area (Å²) in [5.74, 6) is -0.624. The molecule has 0 saturated carbocycles. The molecule has 0 aliphatic carbocycles. The van der Waals surface area contributed by atoms with E-state index in [2.05, 4.69) is 5.32 Å². The van der Waals surface area contributed by atoms with Crippen molar-refractivity contribution >= 4 is 23.2 Å². The summed E-state index contributed by atoms with van der Waals surface area (Å²) in [7, 11) is 0. The fraction of sp³-hybridized carbons (Fsp3) is 0.250. The Morgan fingerprint density at radius 2 is 1.95 bits per heavy atom. The van der Waals surface area contributed by atoms with E-state index in [1.165, 1.54) is 11.3 Å². The molecule has 0 fully saturated rings. The number of hydrogen-bond donors (Lipinski definition) is 2. The second-order valence-corrected chi connectivity index (χ2v) is 5.80. The molecule has 2 N–H and O–H groups in total. The van der Waals surface area contributed by atoms with Gasteiger partial charge in [-0.1, -0.05) is 12.1 Å². The summed E-state index contributed by atoms with van der Waals surface area (Å²) in [6.07, 6.45) is 0. The Kier molecular flexibility index (Phi) is 5.16. The third-order valence-corrected chi connectivity index (χ3v) is 4.17. The van der Waals surface area contributed by atoms with Crippen molar-refractivity contribution in [1.82, 2.24) is 5.32 Å². The van der Waals surface area contributed by atoms with E-state index in [1.807, 2.05) is 37.4 Å². The van der Waals surface area contributed by atoms with Crippen molar-refractivity contribution in [1.29, 1.82) is 0 Å². The lowest BCUT2D eigenvalue weighted by Crippen LogP contribution is -2.26. The summed E-state index contributed by atoms with van der Waals surface area (Å²) in [5, 5.41) is 13.4. The molecule has 0 bridgehead atoms. The van der Waals surface area contributed by atoms with Crippen LogP contribution in [0.5, 0.6) is 5.75 Å². The predicted molar refractivity (Wildman–Crippen MR) is 84.5 cm³/mol. The van der Waals surface area contributed by atoms with Crippen LogP contribution >= 0.6 is 11.3 Å². The molecule has 116 valence electrons. The molecule has 0 aliphatic rings. The summed E-state index contributed by atoms with van der Waals surface area (Å²) in [6, 6.07) is 8.77. The predicted octanol–water partition coefficient (Wildman–Crippen LogP) is 3.01. The molecule has 0 saturated heterocycles. The SMILES string of the molecule is Cc1ccsc1C(=O)N[C@@H](C)c1ccc(OCC(=O)O)cc1. The average Bonchev–Trinajstić information content (AvgIpc) is 2.91. The van der Waals surface area contributed by atoms with Gasteiger partial charge < -0.3 is 15.2 Å². The Morgan fingerprint density at radius 1 is 1.27 bits per heavy atom. The van der Waals surface area contributed by atoms with Crippen LogP contribution in [0.1, 0.15) is 33.8 Å². The van der Waals surface area contributed by atoms with Gasteiger partial charge in [-0.25, -0.2) is 4.79 Å². The largest absolute Gasteiger partial charge is 0.482 e. The van der Waals surface area contributed by atoms with Crippen molar-refractivity contribution in [3.05, 3.63) is 51.7 Å². The fourth-order valence-corrected chi connectivity index (χ4v) is 2.78. The minimum Gasteiger partial charge on any atom is -0.482 e. The van der Waals surface area contributed by atoms with E-state index in [-0.39, 0.29) is 18.6 Å². The van der Waals surface area contributed by atoms with Gasteiger partial charge in [-0.15, -0.1) is 11.3 Å². The van der Waals surface area contributed by atoms with Crippen LogP contribution in [0.15, 0.2) is 35.7 Å². The topological polar surface area (TPSA) is 75.6 Å². The first-order chi connectivity index (χ1) is 10.5. The van der Waals surface area contributed by atoms with E-state index >= 15 is 0 Å². The highest BCUT2D eigenvalue weighted by molar-refractivity contribution is 7.12. The van der Waals surface area contributed by atoms with Gasteiger partial charge >= 0.3 is 5.97 Å². The minimum absolute atomic E-state index is 0.0915. The van der Waals surface area contributed by atoms with E-state index in [4.69, 9.17) is 9.84 Å². The monoisotopic (exact) mass is 319 g/mol. The maximum atomic E-state index is 12.2. The van der Waals surface area contributed by atoms with Crippen LogP contribution in [0.4, 0.5) is 0 Å². The molecular weight excluding hydrogens is 302 g/mol. The van der Waals surface area contributed by atoms with Crippen LogP contribution in [0.2, 0.25) is 0 Å². The van der Waals surface area contributed by atoms with Crippen LogP contribution < -0.4 is 10.1 Å². The number of aliphatic carboxylic acids is 1. The first kappa shape index (κ1) is 16.0. The second kappa shape index (κ2) is 7.09. The standard InChI is InChI=1S/C16H17NO4S/c1-10-7-8-22-15(10)16(20)17-11(2)12-3-5-13(6-4-12)21-9-14(18)19/h3-8,11H,9H2,1-2H3,(H,17,20)(H,18,19)/t11-/m0/s1. The number of carboxylic acids is 1. The molecule has 22 heavy (non-hydrogen) atoms. The number of benzene rings is 1. The van der Waals surface area contributed by atoms with Gasteiger partial charge in [0.25, 0.3) is 5.91 Å². The number of hydrogen-bond acceptors (Lipinski definition) is 4. The Morgan fingerprint density at radius 3 is 2.50 bits per heavy atom. The summed E-state index contributed by atoms with van der Waals surface area (Å²) in [4.78, 5) is 23.3. The van der Waals surface area contributed by atoms with Gasteiger partial charge in [0.05, 0.1) is 10.9 Å². The summed E-state index contributed by atoms with van der Waals surface area (Å²) in [5.41, 5.74) is 1.89. The Hall–Kier alpha value is -2.34. The van der Waals surface area contributed by atoms with Gasteiger partial charge in [-0.2, -0.15) is 0 Å². The highest BCUT2D eigenvalue weighted by atomic mass is 32.1.